The minimum atomic E-state index is -0.151. The van der Waals surface area contributed by atoms with Crippen LogP contribution in [-0.2, 0) is 0 Å². The first-order chi connectivity index (χ1) is 11.7. The van der Waals surface area contributed by atoms with Crippen molar-refractivity contribution in [2.45, 2.75) is 38.1 Å². The van der Waals surface area contributed by atoms with E-state index in [-0.39, 0.29) is 11.9 Å². The van der Waals surface area contributed by atoms with Gasteiger partial charge in [-0.3, -0.25) is 4.79 Å². The van der Waals surface area contributed by atoms with Crippen LogP contribution in [0, 0.1) is 0 Å². The van der Waals surface area contributed by atoms with Crippen molar-refractivity contribution in [1.29, 1.82) is 0 Å². The van der Waals surface area contributed by atoms with Gasteiger partial charge in [0.05, 0.1) is 7.11 Å². The Morgan fingerprint density at radius 2 is 1.96 bits per heavy atom. The molecule has 6 heteroatoms. The molecule has 24 heavy (non-hydrogen) atoms. The molecule has 0 bridgehead atoms. The molecule has 1 aromatic heterocycles. The number of aromatic nitrogens is 2. The van der Waals surface area contributed by atoms with Crippen LogP contribution in [0.3, 0.4) is 0 Å². The van der Waals surface area contributed by atoms with Gasteiger partial charge in [-0.1, -0.05) is 25.3 Å². The summed E-state index contributed by atoms with van der Waals surface area (Å²) in [5, 5.41) is 14.3. The summed E-state index contributed by atoms with van der Waals surface area (Å²) in [4.78, 5) is 12.2. The van der Waals surface area contributed by atoms with Crippen molar-refractivity contribution in [3.63, 3.8) is 0 Å². The Balaban J connectivity index is 1.60. The first kappa shape index (κ1) is 16.2. The third kappa shape index (κ3) is 4.22. The number of anilines is 2. The summed E-state index contributed by atoms with van der Waals surface area (Å²) in [5.41, 5.74) is 1.19. The van der Waals surface area contributed by atoms with E-state index in [1.807, 2.05) is 24.3 Å². The van der Waals surface area contributed by atoms with Crippen LogP contribution in [0.4, 0.5) is 11.5 Å². The molecule has 3 rings (SSSR count). The van der Waals surface area contributed by atoms with Crippen molar-refractivity contribution < 1.29 is 9.53 Å². The topological polar surface area (TPSA) is 76.1 Å². The molecule has 6 nitrogen and oxygen atoms in total. The van der Waals surface area contributed by atoms with Crippen LogP contribution in [0.15, 0.2) is 36.4 Å². The molecule has 0 aliphatic heterocycles. The van der Waals surface area contributed by atoms with E-state index in [1.54, 1.807) is 19.2 Å². The van der Waals surface area contributed by atoms with Crippen LogP contribution in [0.25, 0.3) is 0 Å². The van der Waals surface area contributed by atoms with E-state index in [2.05, 4.69) is 20.8 Å². The quantitative estimate of drug-likeness (QED) is 0.882. The SMILES string of the molecule is COc1cccc(Nc2ccc(C(=O)NC3CCCCC3)nn2)c1. The van der Waals surface area contributed by atoms with Crippen molar-refractivity contribution in [1.82, 2.24) is 15.5 Å². The van der Waals surface area contributed by atoms with Crippen LogP contribution in [-0.4, -0.2) is 29.3 Å². The Labute approximate surface area is 141 Å². The summed E-state index contributed by atoms with van der Waals surface area (Å²) >= 11 is 0. The highest BCUT2D eigenvalue weighted by Crippen LogP contribution is 2.20. The maximum absolute atomic E-state index is 12.2. The van der Waals surface area contributed by atoms with Gasteiger partial charge < -0.3 is 15.4 Å². The Morgan fingerprint density at radius 3 is 2.67 bits per heavy atom. The van der Waals surface area contributed by atoms with Crippen LogP contribution >= 0.6 is 0 Å². The van der Waals surface area contributed by atoms with Gasteiger partial charge in [-0.25, -0.2) is 0 Å². The fourth-order valence-corrected chi connectivity index (χ4v) is 2.88. The zero-order valence-corrected chi connectivity index (χ0v) is 13.8. The molecular weight excluding hydrogens is 304 g/mol. The predicted octanol–water partition coefficient (Wildman–Crippen LogP) is 3.29. The molecule has 1 aromatic carbocycles. The van der Waals surface area contributed by atoms with E-state index >= 15 is 0 Å². The lowest BCUT2D eigenvalue weighted by Gasteiger charge is -2.22. The summed E-state index contributed by atoms with van der Waals surface area (Å²) in [7, 11) is 1.62. The van der Waals surface area contributed by atoms with Gasteiger partial charge >= 0.3 is 0 Å². The van der Waals surface area contributed by atoms with Crippen molar-refractivity contribution in [2.24, 2.45) is 0 Å². The molecule has 1 aliphatic carbocycles. The van der Waals surface area contributed by atoms with Crippen LogP contribution < -0.4 is 15.4 Å². The van der Waals surface area contributed by atoms with E-state index in [1.165, 1.54) is 19.3 Å². The highest BCUT2D eigenvalue weighted by Gasteiger charge is 2.17. The summed E-state index contributed by atoms with van der Waals surface area (Å²) in [6.07, 6.45) is 5.72. The number of amides is 1. The fourth-order valence-electron chi connectivity index (χ4n) is 2.88. The molecule has 0 saturated heterocycles. The molecule has 0 unspecified atom stereocenters. The second-order valence-corrected chi connectivity index (χ2v) is 5.97. The summed E-state index contributed by atoms with van der Waals surface area (Å²) in [6.45, 7) is 0. The number of benzene rings is 1. The fraction of sp³-hybridized carbons (Fsp3) is 0.389. The van der Waals surface area contributed by atoms with Crippen molar-refractivity contribution >= 4 is 17.4 Å². The number of carbonyl (C=O) groups excluding carboxylic acids is 1. The number of rotatable bonds is 5. The van der Waals surface area contributed by atoms with Gasteiger partial charge in [0.15, 0.2) is 11.5 Å². The van der Waals surface area contributed by atoms with Gasteiger partial charge in [-0.2, -0.15) is 0 Å². The smallest absolute Gasteiger partial charge is 0.272 e. The minimum Gasteiger partial charge on any atom is -0.497 e. The number of hydrogen-bond donors (Lipinski definition) is 2. The van der Waals surface area contributed by atoms with Crippen LogP contribution in [0.2, 0.25) is 0 Å². The number of carbonyl (C=O) groups is 1. The maximum atomic E-state index is 12.2. The van der Waals surface area contributed by atoms with Gasteiger partial charge in [-0.05, 0) is 37.1 Å². The van der Waals surface area contributed by atoms with Gasteiger partial charge in [-0.15, -0.1) is 10.2 Å². The molecule has 1 saturated carbocycles. The summed E-state index contributed by atoms with van der Waals surface area (Å²) < 4.78 is 5.19. The number of nitrogens with one attached hydrogen (secondary N) is 2. The van der Waals surface area contributed by atoms with Gasteiger partial charge in [0.2, 0.25) is 0 Å². The molecule has 1 heterocycles. The normalized spacial score (nSPS) is 14.9. The average Bonchev–Trinajstić information content (AvgIpc) is 2.63. The third-order valence-corrected chi connectivity index (χ3v) is 4.18. The number of nitrogens with zero attached hydrogens (tertiary/aromatic N) is 2. The van der Waals surface area contributed by atoms with E-state index in [0.717, 1.165) is 24.3 Å². The van der Waals surface area contributed by atoms with E-state index in [4.69, 9.17) is 4.74 Å². The third-order valence-electron chi connectivity index (χ3n) is 4.18. The van der Waals surface area contributed by atoms with Crippen molar-refractivity contribution in [3.8, 4) is 5.75 Å². The van der Waals surface area contributed by atoms with E-state index in [9.17, 15) is 4.79 Å². The van der Waals surface area contributed by atoms with Crippen LogP contribution in [0.5, 0.6) is 5.75 Å². The summed E-state index contributed by atoms with van der Waals surface area (Å²) in [5.74, 6) is 1.19. The monoisotopic (exact) mass is 326 g/mol. The zero-order chi connectivity index (χ0) is 16.8. The lowest BCUT2D eigenvalue weighted by atomic mass is 9.95. The Hall–Kier alpha value is -2.63. The first-order valence-electron chi connectivity index (χ1n) is 8.30. The Morgan fingerprint density at radius 1 is 1.12 bits per heavy atom. The predicted molar refractivity (Wildman–Crippen MR) is 92.6 cm³/mol. The molecule has 2 aromatic rings. The molecule has 1 aliphatic rings. The molecule has 1 amide bonds. The second kappa shape index (κ2) is 7.77. The second-order valence-electron chi connectivity index (χ2n) is 5.97. The molecule has 0 spiro atoms. The number of hydrogen-bond acceptors (Lipinski definition) is 5. The Kier molecular flexibility index (Phi) is 5.25. The number of methoxy groups -OCH3 is 1. The zero-order valence-electron chi connectivity index (χ0n) is 13.8. The van der Waals surface area contributed by atoms with E-state index in [0.29, 0.717) is 11.5 Å². The summed E-state index contributed by atoms with van der Waals surface area (Å²) in [6, 6.07) is 11.2. The maximum Gasteiger partial charge on any atom is 0.272 e. The highest BCUT2D eigenvalue weighted by molar-refractivity contribution is 5.92. The average molecular weight is 326 g/mol. The van der Waals surface area contributed by atoms with Crippen molar-refractivity contribution in [3.05, 3.63) is 42.1 Å². The molecule has 0 radical (unpaired) electrons. The number of ether oxygens (including phenoxy) is 1. The first-order valence-corrected chi connectivity index (χ1v) is 8.30. The van der Waals surface area contributed by atoms with Gasteiger partial charge in [0.25, 0.3) is 5.91 Å². The molecule has 0 atom stereocenters. The van der Waals surface area contributed by atoms with Gasteiger partial charge in [0, 0.05) is 17.8 Å². The van der Waals surface area contributed by atoms with Crippen LogP contribution in [0.1, 0.15) is 42.6 Å². The van der Waals surface area contributed by atoms with E-state index < -0.39 is 0 Å². The molecule has 126 valence electrons. The Bertz CT molecular complexity index is 682. The molecule has 1 fully saturated rings. The molecular formula is C18H22N4O2. The largest absolute Gasteiger partial charge is 0.497 e. The lowest BCUT2D eigenvalue weighted by molar-refractivity contribution is 0.0921. The molecule has 2 N–H and O–H groups in total. The highest BCUT2D eigenvalue weighted by atomic mass is 16.5. The van der Waals surface area contributed by atoms with Gasteiger partial charge in [0.1, 0.15) is 5.75 Å². The standard InChI is InChI=1S/C18H22N4O2/c1-24-15-9-5-8-14(12-15)19-17-11-10-16(21-22-17)18(23)20-13-6-3-2-4-7-13/h5,8-13H,2-4,6-7H2,1H3,(H,19,22)(H,20,23). The minimum absolute atomic E-state index is 0.151. The lowest BCUT2D eigenvalue weighted by Crippen LogP contribution is -2.36. The van der Waals surface area contributed by atoms with Crippen molar-refractivity contribution in [2.75, 3.05) is 12.4 Å².